The zero-order valence-corrected chi connectivity index (χ0v) is 38.6. The Labute approximate surface area is 395 Å². The van der Waals surface area contributed by atoms with Gasteiger partial charge in [-0.25, -0.2) is 14.4 Å². The van der Waals surface area contributed by atoms with Gasteiger partial charge < -0.3 is 51.3 Å². The molecule has 1 aliphatic rings. The highest BCUT2D eigenvalue weighted by Gasteiger charge is 2.26. The number of benzene rings is 2. The third-order valence-corrected chi connectivity index (χ3v) is 11.3. The van der Waals surface area contributed by atoms with Gasteiger partial charge >= 0.3 is 41.8 Å². The van der Waals surface area contributed by atoms with Crippen molar-refractivity contribution in [3.63, 3.8) is 0 Å². The maximum Gasteiger partial charge on any atom is 0.326 e. The van der Waals surface area contributed by atoms with Crippen molar-refractivity contribution in [2.24, 2.45) is 0 Å². The molecule has 67 heavy (non-hydrogen) atoms. The fraction of sp³-hybridized carbons (Fsp3) is 0.535. The first kappa shape index (κ1) is 55.6. The molecule has 2 aromatic rings. The van der Waals surface area contributed by atoms with Gasteiger partial charge in [0.25, 0.3) is 5.91 Å². The average molecular weight is 1010 g/mol. The predicted molar refractivity (Wildman–Crippen MR) is 242 cm³/mol. The fourth-order valence-corrected chi connectivity index (χ4v) is 7.42. The molecular formula is C43H61BrN8O15. The minimum atomic E-state index is -1.54. The van der Waals surface area contributed by atoms with Crippen molar-refractivity contribution >= 4 is 63.7 Å². The largest absolute Gasteiger partial charge is 0.481 e. The van der Waals surface area contributed by atoms with E-state index in [1.807, 2.05) is 29.2 Å². The van der Waals surface area contributed by atoms with E-state index in [1.165, 1.54) is 0 Å². The maximum atomic E-state index is 13.9. The molecule has 0 bridgehead atoms. The first-order valence-electron chi connectivity index (χ1n) is 21.6. The van der Waals surface area contributed by atoms with E-state index in [4.69, 9.17) is 5.11 Å². The Kier molecular flexibility index (Phi) is 24.1. The fourth-order valence-electron chi connectivity index (χ4n) is 7.16. The van der Waals surface area contributed by atoms with E-state index in [1.54, 1.807) is 43.9 Å². The number of carboxylic acid groups (broad SMARTS) is 6. The number of unbranched alkanes of at least 4 members (excludes halogenated alkanes) is 1. The highest BCUT2D eigenvalue weighted by Crippen LogP contribution is 2.17. The highest BCUT2D eigenvalue weighted by atomic mass is 79.9. The quantitative estimate of drug-likeness (QED) is 0.0445. The Morgan fingerprint density at radius 3 is 1.48 bits per heavy atom. The van der Waals surface area contributed by atoms with Crippen molar-refractivity contribution in [3.05, 3.63) is 69.7 Å². The SMILES string of the molecule is O=C(O)CC[C@@H](NC(=O)N[C@H](CCCCN(Cc1ccc(Br)cc1)C(=O)c1ccc(CNC(O)CN2CCN(CC(=O)O)CCN(CC(=O)O)CCN(CC(=O)O)CC2)cc1)C(=O)O)C(=O)O. The van der Waals surface area contributed by atoms with Crippen LogP contribution in [-0.2, 0) is 41.9 Å². The average Bonchev–Trinajstić information content (AvgIpc) is 3.25. The number of hydrogen-bond donors (Lipinski definition) is 10. The normalized spacial score (nSPS) is 16.0. The van der Waals surface area contributed by atoms with Gasteiger partial charge in [0.15, 0.2) is 0 Å². The first-order chi connectivity index (χ1) is 31.8. The molecular weight excluding hydrogens is 948 g/mol. The van der Waals surface area contributed by atoms with E-state index in [2.05, 4.69) is 31.9 Å². The van der Waals surface area contributed by atoms with Gasteiger partial charge in [0.2, 0.25) is 0 Å². The van der Waals surface area contributed by atoms with Crippen LogP contribution in [0.1, 0.15) is 53.6 Å². The molecule has 23 nitrogen and oxygen atoms in total. The van der Waals surface area contributed by atoms with Crippen molar-refractivity contribution in [2.75, 3.05) is 85.1 Å². The first-order valence-corrected chi connectivity index (χ1v) is 22.4. The number of carbonyl (C=O) groups excluding carboxylic acids is 2. The molecule has 370 valence electrons. The number of rotatable bonds is 26. The molecule has 1 unspecified atom stereocenters. The van der Waals surface area contributed by atoms with Crippen LogP contribution in [0.3, 0.4) is 0 Å². The van der Waals surface area contributed by atoms with Crippen LogP contribution in [0.15, 0.2) is 53.0 Å². The third-order valence-electron chi connectivity index (χ3n) is 10.8. The third kappa shape index (κ3) is 22.5. The van der Waals surface area contributed by atoms with Crippen LogP contribution in [0.25, 0.3) is 0 Å². The molecule has 1 aliphatic heterocycles. The summed E-state index contributed by atoms with van der Waals surface area (Å²) in [7, 11) is 0. The van der Waals surface area contributed by atoms with E-state index in [9.17, 15) is 69.0 Å². The van der Waals surface area contributed by atoms with Crippen molar-refractivity contribution in [2.45, 2.75) is 63.5 Å². The predicted octanol–water partition coefficient (Wildman–Crippen LogP) is 0.216. The van der Waals surface area contributed by atoms with E-state index in [-0.39, 0.29) is 90.7 Å². The van der Waals surface area contributed by atoms with Crippen molar-refractivity contribution < 1.29 is 74.1 Å². The summed E-state index contributed by atoms with van der Waals surface area (Å²) in [4.78, 5) is 104. The van der Waals surface area contributed by atoms with Crippen molar-refractivity contribution in [1.29, 1.82) is 0 Å². The molecule has 0 spiro atoms. The second kappa shape index (κ2) is 29.1. The van der Waals surface area contributed by atoms with Crippen LogP contribution >= 0.6 is 15.9 Å². The van der Waals surface area contributed by atoms with Gasteiger partial charge in [-0.3, -0.25) is 48.9 Å². The lowest BCUT2D eigenvalue weighted by molar-refractivity contribution is -0.141. The van der Waals surface area contributed by atoms with E-state index >= 15 is 0 Å². The second-order valence-corrected chi connectivity index (χ2v) is 17.0. The van der Waals surface area contributed by atoms with Gasteiger partial charge in [0.05, 0.1) is 19.6 Å². The smallest absolute Gasteiger partial charge is 0.326 e. The van der Waals surface area contributed by atoms with Crippen molar-refractivity contribution in [1.82, 2.24) is 40.4 Å². The minimum absolute atomic E-state index is 0.0530. The zero-order valence-electron chi connectivity index (χ0n) is 37.0. The Hall–Kier alpha value is -5.76. The summed E-state index contributed by atoms with van der Waals surface area (Å²) in [6.45, 7) is 2.24. The number of hydrogen-bond acceptors (Lipinski definition) is 14. The lowest BCUT2D eigenvalue weighted by Crippen LogP contribution is -2.51. The number of carbonyl (C=O) groups is 8. The number of amides is 3. The van der Waals surface area contributed by atoms with Crippen molar-refractivity contribution in [3.8, 4) is 0 Å². The molecule has 1 fully saturated rings. The molecule has 0 radical (unpaired) electrons. The summed E-state index contributed by atoms with van der Waals surface area (Å²) in [5.41, 5.74) is 1.93. The number of aliphatic hydroxyl groups excluding tert-OH is 1. The molecule has 0 saturated carbocycles. The molecule has 2 aromatic carbocycles. The van der Waals surface area contributed by atoms with E-state index in [0.29, 0.717) is 38.2 Å². The minimum Gasteiger partial charge on any atom is -0.481 e. The zero-order chi connectivity index (χ0) is 49.5. The Bertz CT molecular complexity index is 1930. The van der Waals surface area contributed by atoms with Crippen LogP contribution in [0, 0.1) is 0 Å². The summed E-state index contributed by atoms with van der Waals surface area (Å²) in [5, 5.41) is 74.8. The number of urea groups is 1. The number of nitrogens with one attached hydrogen (secondary N) is 3. The summed E-state index contributed by atoms with van der Waals surface area (Å²) in [6.07, 6.45) is -1.45. The Morgan fingerprint density at radius 1 is 0.582 bits per heavy atom. The molecule has 0 aliphatic carbocycles. The number of β-amino-alcohol motifs (C(OH)–C–C–N with tert-alkyl or cyclic N) is 1. The Balaban J connectivity index is 1.63. The summed E-state index contributed by atoms with van der Waals surface area (Å²) in [5.74, 6) is -7.55. The topological polar surface area (TPSA) is 330 Å². The van der Waals surface area contributed by atoms with Crippen LogP contribution in [0.5, 0.6) is 0 Å². The van der Waals surface area contributed by atoms with Crippen LogP contribution < -0.4 is 16.0 Å². The van der Waals surface area contributed by atoms with E-state index in [0.717, 1.165) is 15.6 Å². The lowest BCUT2D eigenvalue weighted by atomic mass is 10.1. The number of aliphatic carboxylic acids is 6. The lowest BCUT2D eigenvalue weighted by Gasteiger charge is -2.33. The van der Waals surface area contributed by atoms with E-state index < -0.39 is 73.0 Å². The van der Waals surface area contributed by atoms with Gasteiger partial charge in [0.1, 0.15) is 18.3 Å². The van der Waals surface area contributed by atoms with Gasteiger partial charge in [-0.05, 0) is 61.1 Å². The van der Waals surface area contributed by atoms with Gasteiger partial charge in [-0.2, -0.15) is 0 Å². The molecule has 3 amide bonds. The monoisotopic (exact) mass is 1010 g/mol. The molecule has 3 atom stereocenters. The molecule has 1 heterocycles. The number of aliphatic hydroxyl groups is 1. The second-order valence-electron chi connectivity index (χ2n) is 16.1. The highest BCUT2D eigenvalue weighted by molar-refractivity contribution is 9.10. The van der Waals surface area contributed by atoms with Crippen LogP contribution in [0.2, 0.25) is 0 Å². The van der Waals surface area contributed by atoms with Gasteiger partial charge in [-0.1, -0.05) is 40.2 Å². The number of nitrogens with zero attached hydrogens (tertiary/aromatic N) is 5. The molecule has 10 N–H and O–H groups in total. The maximum absolute atomic E-state index is 13.9. The summed E-state index contributed by atoms with van der Waals surface area (Å²) >= 11 is 3.41. The van der Waals surface area contributed by atoms with Gasteiger partial charge in [-0.15, -0.1) is 0 Å². The molecule has 1 saturated heterocycles. The van der Waals surface area contributed by atoms with Crippen LogP contribution in [-0.4, -0.2) is 211 Å². The number of halogens is 1. The van der Waals surface area contributed by atoms with Crippen LogP contribution in [0.4, 0.5) is 4.79 Å². The molecule has 24 heteroatoms. The Morgan fingerprint density at radius 2 is 1.03 bits per heavy atom. The standard InChI is InChI=1S/C43H61BrN8O15/c44-32-10-6-30(7-11-32)24-52(14-2-1-3-33(41(63)64)46-43(67)47-34(42(65)66)12-13-36(54)55)40(62)31-8-4-29(5-9-31)23-45-35(53)25-48-15-17-49(26-37(56)57)19-21-51(28-39(60)61)22-20-50(18-16-48)27-38(58)59/h4-11,33-35,45,53H,1-3,12-28H2,(H,54,55)(H,56,57)(H,58,59)(H,60,61)(H,63,64)(H,65,66)(H2,46,47,67)/t33-,34-,35?/m1/s1. The molecule has 0 aromatic heterocycles. The summed E-state index contributed by atoms with van der Waals surface area (Å²) < 4.78 is 0.840. The summed E-state index contributed by atoms with van der Waals surface area (Å²) in [6, 6.07) is 10.1. The molecule has 3 rings (SSSR count). The number of carboxylic acids is 6. The van der Waals surface area contributed by atoms with Gasteiger partial charge in [0, 0.05) is 95.0 Å².